The van der Waals surface area contributed by atoms with E-state index in [1.165, 1.54) is 40.4 Å². The Bertz CT molecular complexity index is 918. The number of methoxy groups -OCH3 is 3. The second kappa shape index (κ2) is 9.25. The summed E-state index contributed by atoms with van der Waals surface area (Å²) in [4.78, 5) is 25.0. The number of carbonyl (C=O) groups excluding carboxylic acids is 2. The molecule has 9 nitrogen and oxygen atoms in total. The van der Waals surface area contributed by atoms with Crippen LogP contribution in [0.4, 0.5) is 5.69 Å². The van der Waals surface area contributed by atoms with Gasteiger partial charge in [-0.05, 0) is 31.2 Å². The molecule has 1 unspecified atom stereocenters. The molecule has 160 valence electrons. The van der Waals surface area contributed by atoms with Gasteiger partial charge in [-0.25, -0.2) is 4.79 Å². The summed E-state index contributed by atoms with van der Waals surface area (Å²) < 4.78 is 31.9. The van der Waals surface area contributed by atoms with Crippen molar-refractivity contribution in [2.24, 2.45) is 0 Å². The summed E-state index contributed by atoms with van der Waals surface area (Å²) in [6, 6.07) is 7.94. The number of hydrogen-bond acceptors (Lipinski definition) is 8. The van der Waals surface area contributed by atoms with Gasteiger partial charge in [0.2, 0.25) is 5.75 Å². The number of ether oxygens (including phenoxy) is 6. The number of benzene rings is 2. The molecule has 3 rings (SSSR count). The van der Waals surface area contributed by atoms with E-state index in [0.717, 1.165) is 0 Å². The third-order valence-corrected chi connectivity index (χ3v) is 4.36. The highest BCUT2D eigenvalue weighted by molar-refractivity contribution is 5.98. The quantitative estimate of drug-likeness (QED) is 0.686. The van der Waals surface area contributed by atoms with Crippen LogP contribution in [0.5, 0.6) is 28.7 Å². The standard InChI is InChI=1S/C21H23NO8/c1-12(20(23)22-14-5-6-15-16(11-14)29-8-7-28-15)30-21(24)13-9-17(25-2)19(27-4)18(10-13)26-3/h5-6,9-12H,7-8H2,1-4H3,(H,22,23). The van der Waals surface area contributed by atoms with Crippen molar-refractivity contribution >= 4 is 17.6 Å². The lowest BCUT2D eigenvalue weighted by molar-refractivity contribution is -0.123. The molecule has 30 heavy (non-hydrogen) atoms. The van der Waals surface area contributed by atoms with E-state index in [1.54, 1.807) is 18.2 Å². The zero-order chi connectivity index (χ0) is 21.7. The van der Waals surface area contributed by atoms with Gasteiger partial charge in [-0.3, -0.25) is 4.79 Å². The number of fused-ring (bicyclic) bond motifs is 1. The number of rotatable bonds is 7. The first-order valence-electron chi connectivity index (χ1n) is 9.18. The molecule has 2 aromatic carbocycles. The SMILES string of the molecule is COc1cc(C(=O)OC(C)C(=O)Nc2ccc3c(c2)OCCO3)cc(OC)c1OC. The van der Waals surface area contributed by atoms with E-state index in [4.69, 9.17) is 28.4 Å². The molecule has 1 atom stereocenters. The topological polar surface area (TPSA) is 102 Å². The fourth-order valence-electron chi connectivity index (χ4n) is 2.85. The Morgan fingerprint density at radius 3 is 2.17 bits per heavy atom. The monoisotopic (exact) mass is 417 g/mol. The number of esters is 1. The fourth-order valence-corrected chi connectivity index (χ4v) is 2.85. The smallest absolute Gasteiger partial charge is 0.339 e. The normalized spacial score (nSPS) is 13.1. The molecule has 0 aromatic heterocycles. The largest absolute Gasteiger partial charge is 0.493 e. The molecule has 1 aliphatic heterocycles. The van der Waals surface area contributed by atoms with Crippen LogP contribution in [0.15, 0.2) is 30.3 Å². The highest BCUT2D eigenvalue weighted by Crippen LogP contribution is 2.38. The van der Waals surface area contributed by atoms with Crippen molar-refractivity contribution in [2.75, 3.05) is 39.9 Å². The predicted octanol–water partition coefficient (Wildman–Crippen LogP) is 2.67. The van der Waals surface area contributed by atoms with E-state index in [0.29, 0.717) is 47.6 Å². The zero-order valence-electron chi connectivity index (χ0n) is 17.1. The van der Waals surface area contributed by atoms with Gasteiger partial charge in [0.05, 0.1) is 26.9 Å². The number of amides is 1. The molecule has 0 spiro atoms. The Balaban J connectivity index is 1.68. The van der Waals surface area contributed by atoms with Crippen LogP contribution >= 0.6 is 0 Å². The van der Waals surface area contributed by atoms with Gasteiger partial charge in [-0.2, -0.15) is 0 Å². The first kappa shape index (κ1) is 21.1. The molecule has 0 saturated heterocycles. The summed E-state index contributed by atoms with van der Waals surface area (Å²) in [7, 11) is 4.34. The lowest BCUT2D eigenvalue weighted by atomic mass is 10.2. The lowest BCUT2D eigenvalue weighted by Crippen LogP contribution is -2.30. The van der Waals surface area contributed by atoms with E-state index in [1.807, 2.05) is 0 Å². The van der Waals surface area contributed by atoms with Gasteiger partial charge >= 0.3 is 5.97 Å². The molecule has 1 aliphatic rings. The van der Waals surface area contributed by atoms with Gasteiger partial charge in [0.1, 0.15) is 13.2 Å². The van der Waals surface area contributed by atoms with Gasteiger partial charge < -0.3 is 33.7 Å². The average molecular weight is 417 g/mol. The zero-order valence-corrected chi connectivity index (χ0v) is 17.1. The molecule has 1 heterocycles. The predicted molar refractivity (Wildman–Crippen MR) is 107 cm³/mol. The maximum absolute atomic E-state index is 12.5. The Labute approximate surface area is 173 Å². The molecule has 9 heteroatoms. The fraction of sp³-hybridized carbons (Fsp3) is 0.333. The van der Waals surface area contributed by atoms with Gasteiger partial charge in [-0.1, -0.05) is 0 Å². The van der Waals surface area contributed by atoms with E-state index in [9.17, 15) is 9.59 Å². The number of nitrogens with one attached hydrogen (secondary N) is 1. The van der Waals surface area contributed by atoms with E-state index >= 15 is 0 Å². The summed E-state index contributed by atoms with van der Waals surface area (Å²) in [6.45, 7) is 2.39. The van der Waals surface area contributed by atoms with Crippen molar-refractivity contribution in [1.29, 1.82) is 0 Å². The van der Waals surface area contributed by atoms with Crippen LogP contribution in [0.3, 0.4) is 0 Å². The summed E-state index contributed by atoms with van der Waals surface area (Å²) in [5.41, 5.74) is 0.656. The van der Waals surface area contributed by atoms with Crippen LogP contribution in [0, 0.1) is 0 Å². The summed E-state index contributed by atoms with van der Waals surface area (Å²) >= 11 is 0. The number of carbonyl (C=O) groups is 2. The van der Waals surface area contributed by atoms with Crippen LogP contribution in [0.25, 0.3) is 0 Å². The second-order valence-corrected chi connectivity index (χ2v) is 6.31. The maximum atomic E-state index is 12.5. The third kappa shape index (κ3) is 4.51. The molecule has 0 bridgehead atoms. The number of hydrogen-bond donors (Lipinski definition) is 1. The van der Waals surface area contributed by atoms with Crippen molar-refractivity contribution in [3.63, 3.8) is 0 Å². The minimum atomic E-state index is -1.05. The molecule has 2 aromatic rings. The van der Waals surface area contributed by atoms with Gasteiger partial charge in [0.15, 0.2) is 29.1 Å². The van der Waals surface area contributed by atoms with Crippen LogP contribution in [0.1, 0.15) is 17.3 Å². The first-order chi connectivity index (χ1) is 14.5. The summed E-state index contributed by atoms with van der Waals surface area (Å²) in [5.74, 6) is 0.907. The van der Waals surface area contributed by atoms with Crippen LogP contribution < -0.4 is 29.0 Å². The molecule has 0 saturated carbocycles. The van der Waals surface area contributed by atoms with Crippen molar-refractivity contribution in [3.8, 4) is 28.7 Å². The minimum Gasteiger partial charge on any atom is -0.493 e. The van der Waals surface area contributed by atoms with Crippen molar-refractivity contribution in [1.82, 2.24) is 0 Å². The highest BCUT2D eigenvalue weighted by atomic mass is 16.6. The average Bonchev–Trinajstić information content (AvgIpc) is 2.77. The van der Waals surface area contributed by atoms with Crippen LogP contribution in [0.2, 0.25) is 0 Å². The van der Waals surface area contributed by atoms with E-state index in [-0.39, 0.29) is 5.56 Å². The first-order valence-corrected chi connectivity index (χ1v) is 9.18. The Kier molecular flexibility index (Phi) is 6.51. The van der Waals surface area contributed by atoms with E-state index in [2.05, 4.69) is 5.32 Å². The summed E-state index contributed by atoms with van der Waals surface area (Å²) in [6.07, 6.45) is -1.05. The van der Waals surface area contributed by atoms with Gasteiger partial charge in [0, 0.05) is 11.8 Å². The molecular formula is C21H23NO8. The second-order valence-electron chi connectivity index (χ2n) is 6.31. The molecule has 0 radical (unpaired) electrons. The van der Waals surface area contributed by atoms with Crippen LogP contribution in [-0.2, 0) is 9.53 Å². The minimum absolute atomic E-state index is 0.156. The lowest BCUT2D eigenvalue weighted by Gasteiger charge is -2.19. The third-order valence-electron chi connectivity index (χ3n) is 4.36. The summed E-state index contributed by atoms with van der Waals surface area (Å²) in [5, 5.41) is 2.69. The van der Waals surface area contributed by atoms with Crippen molar-refractivity contribution in [3.05, 3.63) is 35.9 Å². The van der Waals surface area contributed by atoms with Crippen molar-refractivity contribution < 1.29 is 38.0 Å². The molecule has 0 fully saturated rings. The van der Waals surface area contributed by atoms with Crippen LogP contribution in [-0.4, -0.2) is 52.5 Å². The Morgan fingerprint density at radius 2 is 1.57 bits per heavy atom. The molecular weight excluding hydrogens is 394 g/mol. The molecule has 0 aliphatic carbocycles. The number of anilines is 1. The van der Waals surface area contributed by atoms with Crippen molar-refractivity contribution in [2.45, 2.75) is 13.0 Å². The van der Waals surface area contributed by atoms with E-state index < -0.39 is 18.0 Å². The molecule has 1 N–H and O–H groups in total. The highest BCUT2D eigenvalue weighted by Gasteiger charge is 2.23. The van der Waals surface area contributed by atoms with Gasteiger partial charge in [-0.15, -0.1) is 0 Å². The maximum Gasteiger partial charge on any atom is 0.339 e. The molecule has 1 amide bonds. The Hall–Kier alpha value is -3.62. The van der Waals surface area contributed by atoms with Gasteiger partial charge in [0.25, 0.3) is 5.91 Å². The Morgan fingerprint density at radius 1 is 0.933 bits per heavy atom.